The van der Waals surface area contributed by atoms with Crippen molar-refractivity contribution in [3.63, 3.8) is 0 Å². The molecule has 1 atom stereocenters. The van der Waals surface area contributed by atoms with Crippen molar-refractivity contribution in [1.82, 2.24) is 4.98 Å². The van der Waals surface area contributed by atoms with E-state index in [9.17, 15) is 4.79 Å². The number of anilines is 1. The Labute approximate surface area is 154 Å². The summed E-state index contributed by atoms with van der Waals surface area (Å²) in [5, 5.41) is 5.81. The van der Waals surface area contributed by atoms with E-state index in [1.165, 1.54) is 23.1 Å². The van der Waals surface area contributed by atoms with Crippen molar-refractivity contribution in [2.45, 2.75) is 17.1 Å². The van der Waals surface area contributed by atoms with Gasteiger partial charge in [0.25, 0.3) is 0 Å². The lowest BCUT2D eigenvalue weighted by Crippen LogP contribution is -2.22. The number of hydrogen-bond donors (Lipinski definition) is 1. The molecule has 24 heavy (non-hydrogen) atoms. The molecule has 1 heterocycles. The fraction of sp³-hybridized carbons (Fsp3) is 0.111. The predicted octanol–water partition coefficient (Wildman–Crippen LogP) is 5.58. The van der Waals surface area contributed by atoms with E-state index >= 15 is 0 Å². The number of carbonyl (C=O) groups excluding carboxylic acids is 1. The number of rotatable bonds is 5. The zero-order chi connectivity index (χ0) is 16.9. The van der Waals surface area contributed by atoms with E-state index in [4.69, 9.17) is 11.6 Å². The summed E-state index contributed by atoms with van der Waals surface area (Å²) < 4.78 is 0. The lowest BCUT2D eigenvalue weighted by Gasteiger charge is -2.11. The third-order valence-electron chi connectivity index (χ3n) is 3.31. The molecule has 0 aliphatic heterocycles. The van der Waals surface area contributed by atoms with Crippen molar-refractivity contribution in [1.29, 1.82) is 0 Å². The second kappa shape index (κ2) is 7.83. The molecule has 0 aliphatic rings. The van der Waals surface area contributed by atoms with Gasteiger partial charge in [-0.2, -0.15) is 0 Å². The van der Waals surface area contributed by atoms with E-state index < -0.39 is 0 Å². The number of hydrogen-bond acceptors (Lipinski definition) is 4. The maximum Gasteiger partial charge on any atom is 0.239 e. The van der Waals surface area contributed by atoms with Crippen LogP contribution in [0.15, 0.2) is 64.9 Å². The van der Waals surface area contributed by atoms with E-state index in [1.807, 2.05) is 66.9 Å². The molecule has 0 aliphatic carbocycles. The molecular formula is C18H15ClN2OS2. The molecule has 122 valence electrons. The van der Waals surface area contributed by atoms with Crippen molar-refractivity contribution in [3.8, 4) is 11.3 Å². The van der Waals surface area contributed by atoms with Crippen molar-refractivity contribution in [3.05, 3.63) is 65.0 Å². The van der Waals surface area contributed by atoms with Crippen LogP contribution >= 0.6 is 34.7 Å². The number of thiazole rings is 1. The zero-order valence-electron chi connectivity index (χ0n) is 12.9. The molecule has 3 nitrogen and oxygen atoms in total. The summed E-state index contributed by atoms with van der Waals surface area (Å²) in [6, 6.07) is 17.4. The molecule has 1 N–H and O–H groups in total. The van der Waals surface area contributed by atoms with Crippen molar-refractivity contribution >= 4 is 45.7 Å². The molecule has 2 aromatic carbocycles. The van der Waals surface area contributed by atoms with E-state index in [2.05, 4.69) is 10.3 Å². The fourth-order valence-corrected chi connectivity index (χ4v) is 3.94. The minimum absolute atomic E-state index is 0.0890. The largest absolute Gasteiger partial charge is 0.301 e. The third kappa shape index (κ3) is 4.17. The SMILES string of the molecule is C[C@@H](Sc1ccccc1Cl)C(=O)Nc1nc(-c2ccccc2)cs1. The van der Waals surface area contributed by atoms with Crippen LogP contribution in [0.1, 0.15) is 6.92 Å². The fourth-order valence-electron chi connectivity index (χ4n) is 2.06. The quantitative estimate of drug-likeness (QED) is 0.592. The number of nitrogens with one attached hydrogen (secondary N) is 1. The molecule has 0 fully saturated rings. The predicted molar refractivity (Wildman–Crippen MR) is 103 cm³/mol. The lowest BCUT2D eigenvalue weighted by molar-refractivity contribution is -0.115. The van der Waals surface area contributed by atoms with Crippen LogP contribution in [0.25, 0.3) is 11.3 Å². The van der Waals surface area contributed by atoms with Gasteiger partial charge in [-0.15, -0.1) is 23.1 Å². The second-order valence-corrected chi connectivity index (χ2v) is 7.73. The van der Waals surface area contributed by atoms with Crippen LogP contribution in [0.3, 0.4) is 0 Å². The van der Waals surface area contributed by atoms with E-state index in [1.54, 1.807) is 0 Å². The summed E-state index contributed by atoms with van der Waals surface area (Å²) in [4.78, 5) is 17.7. The molecular weight excluding hydrogens is 360 g/mol. The summed E-state index contributed by atoms with van der Waals surface area (Å²) in [6.07, 6.45) is 0. The van der Waals surface area contributed by atoms with Gasteiger partial charge in [-0.1, -0.05) is 54.1 Å². The summed E-state index contributed by atoms with van der Waals surface area (Å²) in [5.41, 5.74) is 1.90. The third-order valence-corrected chi connectivity index (χ3v) is 5.69. The zero-order valence-corrected chi connectivity index (χ0v) is 15.3. The molecule has 0 saturated carbocycles. The second-order valence-electron chi connectivity index (χ2n) is 5.08. The Hall–Kier alpha value is -1.82. The maximum atomic E-state index is 12.4. The van der Waals surface area contributed by atoms with Gasteiger partial charge >= 0.3 is 0 Å². The molecule has 1 amide bonds. The highest BCUT2D eigenvalue weighted by Gasteiger charge is 2.17. The molecule has 0 saturated heterocycles. The number of thioether (sulfide) groups is 1. The van der Waals surface area contributed by atoms with Gasteiger partial charge in [-0.3, -0.25) is 4.79 Å². The Kier molecular flexibility index (Phi) is 5.56. The van der Waals surface area contributed by atoms with Gasteiger partial charge in [0.2, 0.25) is 5.91 Å². The van der Waals surface area contributed by atoms with Gasteiger partial charge in [0, 0.05) is 15.8 Å². The standard InChI is InChI=1S/C18H15ClN2OS2/c1-12(24-16-10-6-5-9-14(16)19)17(22)21-18-20-15(11-23-18)13-7-3-2-4-8-13/h2-12H,1H3,(H,20,21,22)/t12-/m1/s1. The number of nitrogens with zero attached hydrogens (tertiary/aromatic N) is 1. The van der Waals surface area contributed by atoms with Crippen LogP contribution in [0.4, 0.5) is 5.13 Å². The van der Waals surface area contributed by atoms with Crippen LogP contribution in [0.2, 0.25) is 5.02 Å². The minimum Gasteiger partial charge on any atom is -0.301 e. The molecule has 1 aromatic heterocycles. The molecule has 3 rings (SSSR count). The molecule has 6 heteroatoms. The first-order valence-corrected chi connectivity index (χ1v) is 9.50. The normalized spacial score (nSPS) is 11.9. The highest BCUT2D eigenvalue weighted by atomic mass is 35.5. The Morgan fingerprint density at radius 1 is 1.17 bits per heavy atom. The molecule has 3 aromatic rings. The summed E-state index contributed by atoms with van der Waals surface area (Å²) in [7, 11) is 0. The molecule has 0 radical (unpaired) electrons. The summed E-state index contributed by atoms with van der Waals surface area (Å²) in [5.74, 6) is -0.0890. The van der Waals surface area contributed by atoms with Crippen LogP contribution in [-0.2, 0) is 4.79 Å². The first-order valence-electron chi connectivity index (χ1n) is 7.36. The average molecular weight is 375 g/mol. The van der Waals surface area contributed by atoms with Gasteiger partial charge in [-0.05, 0) is 19.1 Å². The van der Waals surface area contributed by atoms with Crippen LogP contribution in [-0.4, -0.2) is 16.1 Å². The summed E-state index contributed by atoms with van der Waals surface area (Å²) in [6.45, 7) is 1.86. The Morgan fingerprint density at radius 2 is 1.88 bits per heavy atom. The van der Waals surface area contributed by atoms with Crippen LogP contribution < -0.4 is 5.32 Å². The average Bonchev–Trinajstić information content (AvgIpc) is 3.06. The Bertz CT molecular complexity index is 836. The van der Waals surface area contributed by atoms with Crippen LogP contribution in [0.5, 0.6) is 0 Å². The number of carbonyl (C=O) groups is 1. The first-order chi connectivity index (χ1) is 11.6. The number of aromatic nitrogens is 1. The highest BCUT2D eigenvalue weighted by molar-refractivity contribution is 8.00. The van der Waals surface area contributed by atoms with E-state index in [0.29, 0.717) is 10.2 Å². The molecule has 0 unspecified atom stereocenters. The lowest BCUT2D eigenvalue weighted by atomic mass is 10.2. The first kappa shape index (κ1) is 17.0. The number of benzene rings is 2. The van der Waals surface area contributed by atoms with Crippen molar-refractivity contribution < 1.29 is 4.79 Å². The maximum absolute atomic E-state index is 12.4. The number of halogens is 1. The topological polar surface area (TPSA) is 42.0 Å². The molecule has 0 bridgehead atoms. The smallest absolute Gasteiger partial charge is 0.239 e. The highest BCUT2D eigenvalue weighted by Crippen LogP contribution is 2.31. The van der Waals surface area contributed by atoms with Crippen LogP contribution in [0, 0.1) is 0 Å². The summed E-state index contributed by atoms with van der Waals surface area (Å²) >= 11 is 9.00. The Morgan fingerprint density at radius 3 is 2.62 bits per heavy atom. The monoisotopic (exact) mass is 374 g/mol. The minimum atomic E-state index is -0.269. The Balaban J connectivity index is 1.65. The van der Waals surface area contributed by atoms with Gasteiger partial charge < -0.3 is 5.32 Å². The van der Waals surface area contributed by atoms with Crippen molar-refractivity contribution in [2.75, 3.05) is 5.32 Å². The van der Waals surface area contributed by atoms with Crippen molar-refractivity contribution in [2.24, 2.45) is 0 Å². The van der Waals surface area contributed by atoms with Gasteiger partial charge in [-0.25, -0.2) is 4.98 Å². The van der Waals surface area contributed by atoms with Gasteiger partial charge in [0.1, 0.15) is 0 Å². The number of amides is 1. The molecule has 0 spiro atoms. The van der Waals surface area contributed by atoms with E-state index in [-0.39, 0.29) is 11.2 Å². The van der Waals surface area contributed by atoms with Gasteiger partial charge in [0.15, 0.2) is 5.13 Å². The van der Waals surface area contributed by atoms with E-state index in [0.717, 1.165) is 16.2 Å². The van der Waals surface area contributed by atoms with Gasteiger partial charge in [0.05, 0.1) is 16.0 Å².